The van der Waals surface area contributed by atoms with Crippen molar-refractivity contribution in [2.45, 2.75) is 38.3 Å². The molecule has 0 spiro atoms. The summed E-state index contributed by atoms with van der Waals surface area (Å²) in [5.41, 5.74) is 2.14. The molecule has 1 aliphatic rings. The van der Waals surface area contributed by atoms with E-state index in [-0.39, 0.29) is 0 Å². The van der Waals surface area contributed by atoms with Crippen LogP contribution in [0.25, 0.3) is 5.65 Å². The van der Waals surface area contributed by atoms with Crippen LogP contribution in [0.4, 0.5) is 0 Å². The number of hydrogen-bond donors (Lipinski definition) is 1. The van der Waals surface area contributed by atoms with Gasteiger partial charge in [0.25, 0.3) is 0 Å². The highest BCUT2D eigenvalue weighted by atomic mass is 35.5. The minimum atomic E-state index is 0.462. The normalized spacial score (nSPS) is 16.2. The first-order chi connectivity index (χ1) is 13.3. The monoisotopic (exact) mass is 384 g/mol. The minimum Gasteiger partial charge on any atom is -0.314 e. The van der Waals surface area contributed by atoms with E-state index in [9.17, 15) is 0 Å². The number of rotatable bonds is 7. The van der Waals surface area contributed by atoms with Gasteiger partial charge in [-0.3, -0.25) is 4.90 Å². The lowest BCUT2D eigenvalue weighted by Gasteiger charge is -2.32. The van der Waals surface area contributed by atoms with E-state index in [1.807, 2.05) is 6.07 Å². The summed E-state index contributed by atoms with van der Waals surface area (Å²) >= 11 is 5.97. The van der Waals surface area contributed by atoms with Gasteiger partial charge in [-0.1, -0.05) is 41.9 Å². The first-order valence-electron chi connectivity index (χ1n) is 9.64. The number of likely N-dealkylation sites (tertiary alicyclic amines) is 1. The summed E-state index contributed by atoms with van der Waals surface area (Å²) in [6.45, 7) is 4.36. The molecule has 142 valence electrons. The highest BCUT2D eigenvalue weighted by molar-refractivity contribution is 6.29. The predicted octanol–water partition coefficient (Wildman–Crippen LogP) is 2.96. The molecule has 0 aliphatic carbocycles. The third-order valence-corrected chi connectivity index (χ3v) is 5.34. The van der Waals surface area contributed by atoms with E-state index in [0.717, 1.165) is 50.5 Å². The molecule has 1 aliphatic heterocycles. The molecule has 0 radical (unpaired) electrons. The van der Waals surface area contributed by atoms with Gasteiger partial charge in [-0.15, -0.1) is 10.2 Å². The molecule has 0 atom stereocenters. The molecule has 27 heavy (non-hydrogen) atoms. The van der Waals surface area contributed by atoms with Crippen molar-refractivity contribution in [1.82, 2.24) is 30.0 Å². The molecule has 4 rings (SSSR count). The van der Waals surface area contributed by atoms with E-state index >= 15 is 0 Å². The van der Waals surface area contributed by atoms with Gasteiger partial charge in [-0.2, -0.15) is 9.61 Å². The molecule has 0 bridgehead atoms. The summed E-state index contributed by atoms with van der Waals surface area (Å²) in [6, 6.07) is 14.9. The fraction of sp³-hybridized carbons (Fsp3) is 0.450. The number of fused-ring (bicyclic) bond motifs is 1. The van der Waals surface area contributed by atoms with Gasteiger partial charge in [-0.05, 0) is 56.6 Å². The van der Waals surface area contributed by atoms with Gasteiger partial charge in [0.1, 0.15) is 5.15 Å². The molecule has 1 N–H and O–H groups in total. The molecule has 0 saturated carbocycles. The van der Waals surface area contributed by atoms with Crippen molar-refractivity contribution in [1.29, 1.82) is 0 Å². The topological polar surface area (TPSA) is 58.4 Å². The van der Waals surface area contributed by atoms with Crippen molar-refractivity contribution in [3.8, 4) is 0 Å². The third-order valence-electron chi connectivity index (χ3n) is 5.14. The number of benzene rings is 1. The van der Waals surface area contributed by atoms with Crippen molar-refractivity contribution in [3.05, 3.63) is 59.0 Å². The molecule has 3 heterocycles. The van der Waals surface area contributed by atoms with Crippen LogP contribution in [0.1, 0.15) is 30.7 Å². The quantitative estimate of drug-likeness (QED) is 0.634. The van der Waals surface area contributed by atoms with E-state index in [1.165, 1.54) is 18.4 Å². The third kappa shape index (κ3) is 4.83. The Bertz CT molecular complexity index is 857. The molecule has 7 heteroatoms. The zero-order valence-electron chi connectivity index (χ0n) is 15.4. The van der Waals surface area contributed by atoms with Gasteiger partial charge in [-0.25, -0.2) is 0 Å². The summed E-state index contributed by atoms with van der Waals surface area (Å²) in [4.78, 5) is 2.55. The van der Waals surface area contributed by atoms with E-state index in [0.29, 0.717) is 11.2 Å². The predicted molar refractivity (Wildman–Crippen MR) is 107 cm³/mol. The number of halogens is 1. The molecule has 3 aromatic rings. The van der Waals surface area contributed by atoms with Crippen LogP contribution in [-0.4, -0.2) is 50.4 Å². The molecular formula is C20H25ClN6. The highest BCUT2D eigenvalue weighted by Crippen LogP contribution is 2.14. The SMILES string of the molecule is Clc1ccc2nnc(CCCNC3CCN(Cc4ccccc4)CC3)n2n1. The summed E-state index contributed by atoms with van der Waals surface area (Å²) < 4.78 is 1.74. The fourth-order valence-corrected chi connectivity index (χ4v) is 3.79. The Morgan fingerprint density at radius 2 is 1.85 bits per heavy atom. The first kappa shape index (κ1) is 18.3. The van der Waals surface area contributed by atoms with Crippen LogP contribution in [0, 0.1) is 0 Å². The second-order valence-corrected chi connectivity index (χ2v) is 7.52. The molecule has 1 aromatic carbocycles. The Balaban J connectivity index is 1.18. The van der Waals surface area contributed by atoms with Crippen LogP contribution in [0.5, 0.6) is 0 Å². The van der Waals surface area contributed by atoms with Gasteiger partial charge in [0.15, 0.2) is 11.5 Å². The number of nitrogens with zero attached hydrogens (tertiary/aromatic N) is 5. The average molecular weight is 385 g/mol. The van der Waals surface area contributed by atoms with Crippen LogP contribution in [0.2, 0.25) is 5.15 Å². The number of aromatic nitrogens is 4. The Hall–Kier alpha value is -2.02. The maximum Gasteiger partial charge on any atom is 0.178 e. The van der Waals surface area contributed by atoms with Gasteiger partial charge < -0.3 is 5.32 Å². The van der Waals surface area contributed by atoms with Crippen LogP contribution >= 0.6 is 11.6 Å². The minimum absolute atomic E-state index is 0.462. The molecule has 6 nitrogen and oxygen atoms in total. The summed E-state index contributed by atoms with van der Waals surface area (Å²) in [7, 11) is 0. The average Bonchev–Trinajstić information content (AvgIpc) is 3.09. The van der Waals surface area contributed by atoms with Gasteiger partial charge >= 0.3 is 0 Å². The number of piperidine rings is 1. The Labute approximate surface area is 164 Å². The molecule has 1 saturated heterocycles. The molecule has 1 fully saturated rings. The number of hydrogen-bond acceptors (Lipinski definition) is 5. The second-order valence-electron chi connectivity index (χ2n) is 7.14. The zero-order valence-corrected chi connectivity index (χ0v) is 16.1. The van der Waals surface area contributed by atoms with Crippen molar-refractivity contribution < 1.29 is 0 Å². The van der Waals surface area contributed by atoms with Crippen LogP contribution in [0.3, 0.4) is 0 Å². The summed E-state index contributed by atoms with van der Waals surface area (Å²) in [5.74, 6) is 0.868. The Kier molecular flexibility index (Phi) is 5.97. The van der Waals surface area contributed by atoms with Crippen molar-refractivity contribution in [3.63, 3.8) is 0 Å². The molecule has 0 amide bonds. The fourth-order valence-electron chi connectivity index (χ4n) is 3.66. The van der Waals surface area contributed by atoms with Crippen molar-refractivity contribution in [2.24, 2.45) is 0 Å². The van der Waals surface area contributed by atoms with E-state index in [2.05, 4.69) is 55.8 Å². The zero-order chi connectivity index (χ0) is 18.5. The Morgan fingerprint density at radius 1 is 1.04 bits per heavy atom. The van der Waals surface area contributed by atoms with Gasteiger partial charge in [0.2, 0.25) is 0 Å². The van der Waals surface area contributed by atoms with Crippen LogP contribution in [-0.2, 0) is 13.0 Å². The smallest absolute Gasteiger partial charge is 0.178 e. The Morgan fingerprint density at radius 3 is 2.67 bits per heavy atom. The summed E-state index contributed by atoms with van der Waals surface area (Å²) in [5, 5.41) is 16.8. The van der Waals surface area contributed by atoms with E-state index < -0.39 is 0 Å². The maximum absolute atomic E-state index is 5.97. The van der Waals surface area contributed by atoms with Crippen molar-refractivity contribution in [2.75, 3.05) is 19.6 Å². The van der Waals surface area contributed by atoms with Crippen LogP contribution < -0.4 is 5.32 Å². The van der Waals surface area contributed by atoms with Crippen LogP contribution in [0.15, 0.2) is 42.5 Å². The number of nitrogens with one attached hydrogen (secondary N) is 1. The second kappa shape index (κ2) is 8.78. The lowest BCUT2D eigenvalue weighted by atomic mass is 10.0. The van der Waals surface area contributed by atoms with E-state index in [4.69, 9.17) is 11.6 Å². The standard InChI is InChI=1S/C20H25ClN6/c21-18-8-9-20-24-23-19(27(20)25-18)7-4-12-22-17-10-13-26(14-11-17)15-16-5-2-1-3-6-16/h1-3,5-6,8-9,17,22H,4,7,10-15H2. The highest BCUT2D eigenvalue weighted by Gasteiger charge is 2.18. The van der Waals surface area contributed by atoms with Gasteiger partial charge in [0.05, 0.1) is 0 Å². The molecular weight excluding hydrogens is 360 g/mol. The lowest BCUT2D eigenvalue weighted by Crippen LogP contribution is -2.42. The molecule has 0 unspecified atom stereocenters. The maximum atomic E-state index is 5.97. The summed E-state index contributed by atoms with van der Waals surface area (Å²) in [6.07, 6.45) is 4.27. The lowest BCUT2D eigenvalue weighted by molar-refractivity contribution is 0.190. The van der Waals surface area contributed by atoms with E-state index in [1.54, 1.807) is 10.6 Å². The van der Waals surface area contributed by atoms with Gasteiger partial charge in [0, 0.05) is 19.0 Å². The largest absolute Gasteiger partial charge is 0.314 e. The number of aryl methyl sites for hydroxylation is 1. The first-order valence-corrected chi connectivity index (χ1v) is 10.0. The van der Waals surface area contributed by atoms with Crippen molar-refractivity contribution >= 4 is 17.2 Å². The molecule has 2 aromatic heterocycles.